The minimum absolute atomic E-state index is 0.204. The predicted octanol–water partition coefficient (Wildman–Crippen LogP) is 2.03. The maximum atomic E-state index is 12.2. The van der Waals surface area contributed by atoms with Gasteiger partial charge in [-0.15, -0.1) is 0 Å². The summed E-state index contributed by atoms with van der Waals surface area (Å²) in [5.74, 6) is 0. The van der Waals surface area contributed by atoms with E-state index in [-0.39, 0.29) is 11.2 Å². The van der Waals surface area contributed by atoms with Crippen molar-refractivity contribution in [1.82, 2.24) is 9.78 Å². The molecule has 0 saturated carbocycles. The number of nitrogens with one attached hydrogen (secondary N) is 1. The minimum atomic E-state index is -0.298. The highest BCUT2D eigenvalue weighted by Crippen LogP contribution is 2.13. The first-order valence-corrected chi connectivity index (χ1v) is 6.41. The highest BCUT2D eigenvalue weighted by Gasteiger charge is 2.08. The van der Waals surface area contributed by atoms with Crippen molar-refractivity contribution < 1.29 is 0 Å². The summed E-state index contributed by atoms with van der Waals surface area (Å²) in [6.07, 6.45) is 3.71. The molecule has 0 fully saturated rings. The number of benzene rings is 1. The zero-order valence-electron chi connectivity index (χ0n) is 11.0. The number of anilines is 2. The van der Waals surface area contributed by atoms with Gasteiger partial charge in [-0.3, -0.25) is 4.79 Å². The second-order valence-corrected chi connectivity index (χ2v) is 4.30. The Morgan fingerprint density at radius 3 is 2.74 bits per heavy atom. The first-order chi connectivity index (χ1) is 9.24. The van der Waals surface area contributed by atoms with Crippen LogP contribution in [-0.2, 0) is 0 Å². The van der Waals surface area contributed by atoms with Crippen LogP contribution in [0.15, 0.2) is 41.3 Å². The zero-order valence-corrected chi connectivity index (χ0v) is 11.0. The first-order valence-electron chi connectivity index (χ1n) is 6.41. The van der Waals surface area contributed by atoms with Gasteiger partial charge in [0.15, 0.2) is 0 Å². The van der Waals surface area contributed by atoms with E-state index >= 15 is 0 Å². The zero-order chi connectivity index (χ0) is 13.7. The van der Waals surface area contributed by atoms with Gasteiger partial charge < -0.3 is 11.1 Å². The summed E-state index contributed by atoms with van der Waals surface area (Å²) < 4.78 is 1.31. The summed E-state index contributed by atoms with van der Waals surface area (Å²) in [6, 6.07) is 9.23. The summed E-state index contributed by atoms with van der Waals surface area (Å²) >= 11 is 0. The third-order valence-corrected chi connectivity index (χ3v) is 2.86. The van der Waals surface area contributed by atoms with Crippen molar-refractivity contribution in [2.75, 3.05) is 17.6 Å². The Balaban J connectivity index is 2.30. The van der Waals surface area contributed by atoms with E-state index in [4.69, 9.17) is 5.73 Å². The molecule has 0 unspecified atom stereocenters. The van der Waals surface area contributed by atoms with Crippen molar-refractivity contribution in [1.29, 1.82) is 0 Å². The van der Waals surface area contributed by atoms with Crippen LogP contribution in [0.25, 0.3) is 5.69 Å². The Hall–Kier alpha value is -2.30. The summed E-state index contributed by atoms with van der Waals surface area (Å²) in [6.45, 7) is 2.90. The maximum Gasteiger partial charge on any atom is 0.296 e. The van der Waals surface area contributed by atoms with Crippen molar-refractivity contribution in [2.45, 2.75) is 19.8 Å². The fourth-order valence-corrected chi connectivity index (χ4v) is 1.76. The second kappa shape index (κ2) is 6.04. The molecule has 5 heteroatoms. The van der Waals surface area contributed by atoms with E-state index in [0.29, 0.717) is 11.4 Å². The SMILES string of the molecule is CCCCNc1cnn(-c2ccccc2)c(=O)c1N. The van der Waals surface area contributed by atoms with Gasteiger partial charge in [0, 0.05) is 6.54 Å². The molecule has 19 heavy (non-hydrogen) atoms. The van der Waals surface area contributed by atoms with E-state index in [1.54, 1.807) is 6.20 Å². The molecular formula is C14H18N4O. The topological polar surface area (TPSA) is 72.9 Å². The van der Waals surface area contributed by atoms with Crippen LogP contribution in [0, 0.1) is 0 Å². The molecule has 0 aliphatic heterocycles. The molecule has 0 radical (unpaired) electrons. The van der Waals surface area contributed by atoms with Gasteiger partial charge in [0.05, 0.1) is 17.6 Å². The molecular weight excluding hydrogens is 240 g/mol. The van der Waals surface area contributed by atoms with Gasteiger partial charge in [-0.2, -0.15) is 9.78 Å². The number of hydrogen-bond donors (Lipinski definition) is 2. The molecule has 0 aliphatic carbocycles. The van der Waals surface area contributed by atoms with Gasteiger partial charge in [0.25, 0.3) is 5.56 Å². The van der Waals surface area contributed by atoms with Crippen molar-refractivity contribution >= 4 is 11.4 Å². The minimum Gasteiger partial charge on any atom is -0.392 e. The fraction of sp³-hybridized carbons (Fsp3) is 0.286. The monoisotopic (exact) mass is 258 g/mol. The lowest BCUT2D eigenvalue weighted by molar-refractivity contribution is 0.802. The fourth-order valence-electron chi connectivity index (χ4n) is 1.76. The molecule has 2 rings (SSSR count). The molecule has 0 atom stereocenters. The molecule has 0 aliphatic rings. The van der Waals surface area contributed by atoms with E-state index in [0.717, 1.165) is 19.4 Å². The highest BCUT2D eigenvalue weighted by atomic mass is 16.1. The molecule has 1 heterocycles. The number of nitrogens with zero attached hydrogens (tertiary/aromatic N) is 2. The van der Waals surface area contributed by atoms with Gasteiger partial charge in [-0.05, 0) is 18.6 Å². The van der Waals surface area contributed by atoms with Crippen LogP contribution in [-0.4, -0.2) is 16.3 Å². The summed E-state index contributed by atoms with van der Waals surface area (Å²) in [5, 5.41) is 7.28. The molecule has 1 aromatic heterocycles. The van der Waals surface area contributed by atoms with E-state index in [1.165, 1.54) is 4.68 Å². The Kier molecular flexibility index (Phi) is 4.18. The number of unbranched alkanes of at least 4 members (excludes halogenated alkanes) is 1. The van der Waals surface area contributed by atoms with Crippen molar-refractivity contribution in [3.05, 3.63) is 46.9 Å². The van der Waals surface area contributed by atoms with E-state index in [1.807, 2.05) is 30.3 Å². The Labute approximate surface area is 112 Å². The van der Waals surface area contributed by atoms with E-state index in [9.17, 15) is 4.79 Å². The van der Waals surface area contributed by atoms with Gasteiger partial charge in [-0.25, -0.2) is 0 Å². The normalized spacial score (nSPS) is 10.4. The van der Waals surface area contributed by atoms with Crippen LogP contribution in [0.3, 0.4) is 0 Å². The summed E-state index contributed by atoms with van der Waals surface area (Å²) in [5.41, 5.74) is 7.08. The third kappa shape index (κ3) is 2.93. The van der Waals surface area contributed by atoms with Crippen LogP contribution in [0.1, 0.15) is 19.8 Å². The number of nitrogen functional groups attached to an aromatic ring is 1. The third-order valence-electron chi connectivity index (χ3n) is 2.86. The van der Waals surface area contributed by atoms with Crippen LogP contribution in [0.5, 0.6) is 0 Å². The average molecular weight is 258 g/mol. The molecule has 5 nitrogen and oxygen atoms in total. The number of para-hydroxylation sites is 1. The van der Waals surface area contributed by atoms with Gasteiger partial charge in [0.1, 0.15) is 5.69 Å². The largest absolute Gasteiger partial charge is 0.392 e. The molecule has 0 saturated heterocycles. The molecule has 1 aromatic carbocycles. The van der Waals surface area contributed by atoms with Crippen molar-refractivity contribution in [2.24, 2.45) is 0 Å². The van der Waals surface area contributed by atoms with Crippen LogP contribution in [0.4, 0.5) is 11.4 Å². The quantitative estimate of drug-likeness (QED) is 0.805. The van der Waals surface area contributed by atoms with Crippen molar-refractivity contribution in [3.8, 4) is 5.69 Å². The Morgan fingerprint density at radius 2 is 2.05 bits per heavy atom. The van der Waals surface area contributed by atoms with Gasteiger partial charge in [0.2, 0.25) is 0 Å². The maximum absolute atomic E-state index is 12.2. The predicted molar refractivity (Wildman–Crippen MR) is 77.6 cm³/mol. The van der Waals surface area contributed by atoms with Crippen molar-refractivity contribution in [3.63, 3.8) is 0 Å². The van der Waals surface area contributed by atoms with Crippen LogP contribution >= 0.6 is 0 Å². The lowest BCUT2D eigenvalue weighted by Crippen LogP contribution is -2.25. The standard InChI is InChI=1S/C14H18N4O/c1-2-3-9-16-12-10-17-18(14(19)13(12)15)11-7-5-4-6-8-11/h4-8,10,16H,2-3,9,15H2,1H3. The van der Waals surface area contributed by atoms with Gasteiger partial charge >= 0.3 is 0 Å². The molecule has 0 amide bonds. The first kappa shape index (κ1) is 13.1. The molecule has 0 spiro atoms. The van der Waals surface area contributed by atoms with E-state index < -0.39 is 0 Å². The number of rotatable bonds is 5. The Bertz CT molecular complexity index is 592. The summed E-state index contributed by atoms with van der Waals surface area (Å²) in [7, 11) is 0. The summed E-state index contributed by atoms with van der Waals surface area (Å²) in [4.78, 5) is 12.2. The molecule has 0 bridgehead atoms. The van der Waals surface area contributed by atoms with Crippen LogP contribution < -0.4 is 16.6 Å². The van der Waals surface area contributed by atoms with Crippen LogP contribution in [0.2, 0.25) is 0 Å². The molecule has 2 aromatic rings. The average Bonchev–Trinajstić information content (AvgIpc) is 2.45. The number of aromatic nitrogens is 2. The molecule has 100 valence electrons. The highest BCUT2D eigenvalue weighted by molar-refractivity contribution is 5.63. The Morgan fingerprint density at radius 1 is 1.32 bits per heavy atom. The lowest BCUT2D eigenvalue weighted by Gasteiger charge is -2.10. The second-order valence-electron chi connectivity index (χ2n) is 4.30. The lowest BCUT2D eigenvalue weighted by atomic mass is 10.3. The number of nitrogens with two attached hydrogens (primary N) is 1. The smallest absolute Gasteiger partial charge is 0.296 e. The number of hydrogen-bond acceptors (Lipinski definition) is 4. The van der Waals surface area contributed by atoms with E-state index in [2.05, 4.69) is 17.3 Å². The van der Waals surface area contributed by atoms with Gasteiger partial charge in [-0.1, -0.05) is 31.5 Å². The molecule has 3 N–H and O–H groups in total.